The smallest absolute Gasteiger partial charge is 0.126 e. The molecule has 0 fully saturated rings. The molecule has 0 aliphatic heterocycles. The Morgan fingerprint density at radius 1 is 1.25 bits per heavy atom. The van der Waals surface area contributed by atoms with Crippen molar-refractivity contribution in [3.63, 3.8) is 0 Å². The van der Waals surface area contributed by atoms with Crippen LogP contribution in [0.1, 0.15) is 26.3 Å². The van der Waals surface area contributed by atoms with Gasteiger partial charge in [0.1, 0.15) is 5.75 Å². The molecule has 1 aromatic carbocycles. The van der Waals surface area contributed by atoms with Crippen molar-refractivity contribution in [1.29, 1.82) is 0 Å². The van der Waals surface area contributed by atoms with E-state index >= 15 is 0 Å². The molecule has 0 aliphatic rings. The first-order valence-corrected chi connectivity index (χ1v) is 5.59. The number of hydrogen-bond donors (Lipinski definition) is 1. The van der Waals surface area contributed by atoms with Crippen molar-refractivity contribution in [3.05, 3.63) is 23.8 Å². The third-order valence-corrected chi connectivity index (χ3v) is 2.82. The highest BCUT2D eigenvalue weighted by atomic mass is 16.5. The van der Waals surface area contributed by atoms with Crippen LogP contribution < -0.4 is 10.5 Å². The maximum Gasteiger partial charge on any atom is 0.126 e. The van der Waals surface area contributed by atoms with E-state index in [-0.39, 0.29) is 6.10 Å². The third-order valence-electron chi connectivity index (χ3n) is 2.82. The molecule has 0 aliphatic carbocycles. The summed E-state index contributed by atoms with van der Waals surface area (Å²) in [4.78, 5) is 0. The molecule has 1 atom stereocenters. The lowest BCUT2D eigenvalue weighted by Gasteiger charge is -2.18. The van der Waals surface area contributed by atoms with Crippen LogP contribution in [0.3, 0.4) is 0 Å². The molecular formula is C13H21NO2. The van der Waals surface area contributed by atoms with E-state index in [1.807, 2.05) is 18.2 Å². The van der Waals surface area contributed by atoms with Crippen LogP contribution in [-0.2, 0) is 11.3 Å². The Morgan fingerprint density at radius 2 is 1.94 bits per heavy atom. The second-order valence-electron chi connectivity index (χ2n) is 4.29. The number of methoxy groups -OCH3 is 1. The zero-order valence-corrected chi connectivity index (χ0v) is 10.5. The van der Waals surface area contributed by atoms with E-state index in [9.17, 15) is 0 Å². The fraction of sp³-hybridized carbons (Fsp3) is 0.538. The molecular weight excluding hydrogens is 202 g/mol. The summed E-state index contributed by atoms with van der Waals surface area (Å²) in [5.74, 6) is 1.28. The van der Waals surface area contributed by atoms with Gasteiger partial charge < -0.3 is 15.2 Å². The van der Waals surface area contributed by atoms with Gasteiger partial charge in [-0.15, -0.1) is 0 Å². The largest absolute Gasteiger partial charge is 0.496 e. The fourth-order valence-corrected chi connectivity index (χ4v) is 1.34. The van der Waals surface area contributed by atoms with Gasteiger partial charge >= 0.3 is 0 Å². The van der Waals surface area contributed by atoms with E-state index in [1.54, 1.807) is 7.11 Å². The van der Waals surface area contributed by atoms with E-state index in [0.717, 1.165) is 17.0 Å². The molecule has 3 heteroatoms. The molecule has 0 bridgehead atoms. The number of ether oxygens (including phenoxy) is 2. The third kappa shape index (κ3) is 3.14. The molecule has 0 saturated carbocycles. The van der Waals surface area contributed by atoms with Gasteiger partial charge in [0.05, 0.1) is 19.8 Å². The summed E-state index contributed by atoms with van der Waals surface area (Å²) in [6.07, 6.45) is 0.212. The fourth-order valence-electron chi connectivity index (χ4n) is 1.34. The lowest BCUT2D eigenvalue weighted by atomic mass is 10.1. The molecule has 0 amide bonds. The highest BCUT2D eigenvalue weighted by molar-refractivity contribution is 5.53. The first kappa shape index (κ1) is 12.8. The van der Waals surface area contributed by atoms with E-state index < -0.39 is 0 Å². The maximum absolute atomic E-state index is 5.90. The summed E-state index contributed by atoms with van der Waals surface area (Å²) in [7, 11) is 1.64. The average molecular weight is 223 g/mol. The van der Waals surface area contributed by atoms with Crippen molar-refractivity contribution in [2.75, 3.05) is 12.8 Å². The van der Waals surface area contributed by atoms with E-state index in [4.69, 9.17) is 15.2 Å². The highest BCUT2D eigenvalue weighted by Gasteiger charge is 2.11. The lowest BCUT2D eigenvalue weighted by molar-refractivity contribution is 0.0229. The Labute approximate surface area is 97.6 Å². The normalized spacial score (nSPS) is 12.8. The van der Waals surface area contributed by atoms with Crippen LogP contribution in [0, 0.1) is 5.92 Å². The van der Waals surface area contributed by atoms with Crippen LogP contribution in [0.25, 0.3) is 0 Å². The van der Waals surface area contributed by atoms with E-state index in [2.05, 4.69) is 20.8 Å². The topological polar surface area (TPSA) is 44.5 Å². The van der Waals surface area contributed by atoms with Crippen molar-refractivity contribution in [2.45, 2.75) is 33.5 Å². The number of anilines is 1. The molecule has 0 saturated heterocycles. The van der Waals surface area contributed by atoms with Crippen LogP contribution in [0.15, 0.2) is 18.2 Å². The summed E-state index contributed by atoms with van der Waals surface area (Å²) in [5, 5.41) is 0. The van der Waals surface area contributed by atoms with Gasteiger partial charge in [0.15, 0.2) is 0 Å². The van der Waals surface area contributed by atoms with Crippen LogP contribution in [-0.4, -0.2) is 13.2 Å². The van der Waals surface area contributed by atoms with Crippen molar-refractivity contribution >= 4 is 5.69 Å². The Kier molecular flexibility index (Phi) is 4.62. The minimum Gasteiger partial charge on any atom is -0.496 e. The zero-order valence-electron chi connectivity index (χ0n) is 10.5. The SMILES string of the molecule is COc1cccc(N)c1COC(C)C(C)C. The molecule has 0 aromatic heterocycles. The van der Waals surface area contributed by atoms with Crippen LogP contribution in [0.2, 0.25) is 0 Å². The Morgan fingerprint density at radius 3 is 2.50 bits per heavy atom. The molecule has 0 radical (unpaired) electrons. The minimum absolute atomic E-state index is 0.212. The molecule has 1 aromatic rings. The number of benzene rings is 1. The number of nitrogen functional groups attached to an aromatic ring is 1. The van der Waals surface area contributed by atoms with E-state index in [0.29, 0.717) is 12.5 Å². The Balaban J connectivity index is 2.73. The van der Waals surface area contributed by atoms with Crippen molar-refractivity contribution < 1.29 is 9.47 Å². The summed E-state index contributed by atoms with van der Waals surface area (Å²) in [6, 6.07) is 5.64. The summed E-state index contributed by atoms with van der Waals surface area (Å²) < 4.78 is 11.0. The quantitative estimate of drug-likeness (QED) is 0.781. The van der Waals surface area contributed by atoms with Crippen LogP contribution >= 0.6 is 0 Å². The molecule has 3 nitrogen and oxygen atoms in total. The van der Waals surface area contributed by atoms with Crippen molar-refractivity contribution in [3.8, 4) is 5.75 Å². The van der Waals surface area contributed by atoms with Crippen molar-refractivity contribution in [2.24, 2.45) is 5.92 Å². The molecule has 1 unspecified atom stereocenters. The van der Waals surface area contributed by atoms with Gasteiger partial charge in [-0.3, -0.25) is 0 Å². The van der Waals surface area contributed by atoms with Gasteiger partial charge in [-0.2, -0.15) is 0 Å². The molecule has 1 rings (SSSR count). The number of rotatable bonds is 5. The van der Waals surface area contributed by atoms with Gasteiger partial charge in [-0.05, 0) is 25.0 Å². The standard InChI is InChI=1S/C13H21NO2/c1-9(2)10(3)16-8-11-12(14)6-5-7-13(11)15-4/h5-7,9-10H,8,14H2,1-4H3. The molecule has 0 heterocycles. The molecule has 0 spiro atoms. The molecule has 90 valence electrons. The number of nitrogens with two attached hydrogens (primary N) is 1. The monoisotopic (exact) mass is 223 g/mol. The van der Waals surface area contributed by atoms with Gasteiger partial charge in [0.2, 0.25) is 0 Å². The second kappa shape index (κ2) is 5.75. The predicted octanol–water partition coefficient (Wildman–Crippen LogP) is 2.84. The van der Waals surface area contributed by atoms with Gasteiger partial charge in [0, 0.05) is 11.3 Å². The highest BCUT2D eigenvalue weighted by Crippen LogP contribution is 2.25. The summed E-state index contributed by atoms with van der Waals surface area (Å²) >= 11 is 0. The van der Waals surface area contributed by atoms with Crippen LogP contribution in [0.4, 0.5) is 5.69 Å². The Bertz CT molecular complexity index is 337. The lowest BCUT2D eigenvalue weighted by Crippen LogP contribution is -2.15. The minimum atomic E-state index is 0.212. The maximum atomic E-state index is 5.90. The van der Waals surface area contributed by atoms with Crippen molar-refractivity contribution in [1.82, 2.24) is 0 Å². The zero-order chi connectivity index (χ0) is 12.1. The Hall–Kier alpha value is -1.22. The molecule has 16 heavy (non-hydrogen) atoms. The summed E-state index contributed by atoms with van der Waals surface area (Å²) in [6.45, 7) is 6.83. The molecule has 2 N–H and O–H groups in total. The average Bonchev–Trinajstić information content (AvgIpc) is 2.26. The van der Waals surface area contributed by atoms with Crippen LogP contribution in [0.5, 0.6) is 5.75 Å². The van der Waals surface area contributed by atoms with E-state index in [1.165, 1.54) is 0 Å². The summed E-state index contributed by atoms with van der Waals surface area (Å²) in [5.41, 5.74) is 7.55. The van der Waals surface area contributed by atoms with Gasteiger partial charge in [-0.25, -0.2) is 0 Å². The number of hydrogen-bond acceptors (Lipinski definition) is 3. The van der Waals surface area contributed by atoms with Gasteiger partial charge in [-0.1, -0.05) is 19.9 Å². The first-order valence-electron chi connectivity index (χ1n) is 5.59. The second-order valence-corrected chi connectivity index (χ2v) is 4.29. The van der Waals surface area contributed by atoms with Gasteiger partial charge in [0.25, 0.3) is 0 Å². The first-order chi connectivity index (χ1) is 7.56. The predicted molar refractivity (Wildman–Crippen MR) is 66.5 cm³/mol.